The average Bonchev–Trinajstić information content (AvgIpc) is 2.23. The highest BCUT2D eigenvalue weighted by Crippen LogP contribution is 2.37. The number of terminal acetylenes is 1. The molecule has 0 unspecified atom stereocenters. The van der Waals surface area contributed by atoms with E-state index < -0.39 is 0 Å². The van der Waals surface area contributed by atoms with Crippen molar-refractivity contribution in [3.8, 4) is 12.3 Å². The molecular weight excluding hydrogens is 184 g/mol. The minimum atomic E-state index is -0.388. The van der Waals surface area contributed by atoms with Crippen LogP contribution in [0.15, 0.2) is 0 Å². The minimum absolute atomic E-state index is 0.388. The molecule has 1 aliphatic rings. The maximum absolute atomic E-state index is 10.3. The summed E-state index contributed by atoms with van der Waals surface area (Å²) < 4.78 is 0. The highest BCUT2D eigenvalue weighted by atomic mass is 16.3. The fourth-order valence-electron chi connectivity index (χ4n) is 2.68. The van der Waals surface area contributed by atoms with Crippen molar-refractivity contribution in [2.24, 2.45) is 5.92 Å². The quantitative estimate of drug-likeness (QED) is 0.541. The van der Waals surface area contributed by atoms with Gasteiger partial charge < -0.3 is 5.11 Å². The standard InChI is InChI=1S/C14H24O/c1-3-5-6-10-14(15)11-8-13(7-4-2)9-12-14/h1,13,15H,4-12H2,2H3. The van der Waals surface area contributed by atoms with Crippen LogP contribution in [0.2, 0.25) is 0 Å². The zero-order valence-corrected chi connectivity index (χ0v) is 9.97. The van der Waals surface area contributed by atoms with Gasteiger partial charge in [0.05, 0.1) is 5.60 Å². The van der Waals surface area contributed by atoms with Gasteiger partial charge in [0.2, 0.25) is 0 Å². The molecule has 0 aromatic carbocycles. The van der Waals surface area contributed by atoms with E-state index in [1.165, 1.54) is 25.7 Å². The molecule has 1 heteroatoms. The molecule has 0 saturated heterocycles. The summed E-state index contributed by atoms with van der Waals surface area (Å²) >= 11 is 0. The Kier molecular flexibility index (Phi) is 5.19. The van der Waals surface area contributed by atoms with Crippen molar-refractivity contribution in [3.63, 3.8) is 0 Å². The van der Waals surface area contributed by atoms with E-state index in [2.05, 4.69) is 12.8 Å². The van der Waals surface area contributed by atoms with E-state index in [4.69, 9.17) is 6.42 Å². The lowest BCUT2D eigenvalue weighted by molar-refractivity contribution is -0.0186. The minimum Gasteiger partial charge on any atom is -0.390 e. The van der Waals surface area contributed by atoms with Crippen LogP contribution in [-0.4, -0.2) is 10.7 Å². The SMILES string of the molecule is C#CCCCC1(O)CCC(CCC)CC1. The molecule has 1 nitrogen and oxygen atoms in total. The van der Waals surface area contributed by atoms with Crippen LogP contribution in [0.5, 0.6) is 0 Å². The van der Waals surface area contributed by atoms with Crippen LogP contribution in [0.25, 0.3) is 0 Å². The van der Waals surface area contributed by atoms with Gasteiger partial charge in [-0.3, -0.25) is 0 Å². The topological polar surface area (TPSA) is 20.2 Å². The van der Waals surface area contributed by atoms with Gasteiger partial charge in [0.15, 0.2) is 0 Å². The third kappa shape index (κ3) is 4.26. The number of unbranched alkanes of at least 4 members (excludes halogenated alkanes) is 1. The van der Waals surface area contributed by atoms with Gasteiger partial charge in [-0.25, -0.2) is 0 Å². The summed E-state index contributed by atoms with van der Waals surface area (Å²) in [5, 5.41) is 10.3. The first-order valence-corrected chi connectivity index (χ1v) is 6.36. The first kappa shape index (κ1) is 12.6. The fourth-order valence-corrected chi connectivity index (χ4v) is 2.68. The summed E-state index contributed by atoms with van der Waals surface area (Å²) in [6.45, 7) is 2.24. The molecule has 0 amide bonds. The van der Waals surface area contributed by atoms with Crippen molar-refractivity contribution < 1.29 is 5.11 Å². The predicted octanol–water partition coefficient (Wildman–Crippen LogP) is 3.51. The van der Waals surface area contributed by atoms with Crippen LogP contribution >= 0.6 is 0 Å². The molecular formula is C14H24O. The van der Waals surface area contributed by atoms with E-state index in [0.717, 1.165) is 38.0 Å². The Balaban J connectivity index is 2.25. The molecule has 0 aromatic heterocycles. The van der Waals surface area contributed by atoms with Crippen molar-refractivity contribution in [1.29, 1.82) is 0 Å². The molecule has 1 N–H and O–H groups in total. The molecule has 0 radical (unpaired) electrons. The van der Waals surface area contributed by atoms with E-state index in [9.17, 15) is 5.11 Å². The van der Waals surface area contributed by atoms with Gasteiger partial charge in [-0.15, -0.1) is 12.3 Å². The molecule has 0 heterocycles. The molecule has 0 bridgehead atoms. The number of hydrogen-bond acceptors (Lipinski definition) is 1. The predicted molar refractivity (Wildman–Crippen MR) is 64.5 cm³/mol. The fraction of sp³-hybridized carbons (Fsp3) is 0.857. The van der Waals surface area contributed by atoms with Gasteiger partial charge in [0.25, 0.3) is 0 Å². The van der Waals surface area contributed by atoms with Gasteiger partial charge in [-0.1, -0.05) is 19.8 Å². The van der Waals surface area contributed by atoms with Crippen LogP contribution in [0, 0.1) is 18.3 Å². The van der Waals surface area contributed by atoms with Gasteiger partial charge in [0, 0.05) is 6.42 Å². The van der Waals surface area contributed by atoms with E-state index in [0.29, 0.717) is 0 Å². The van der Waals surface area contributed by atoms with Gasteiger partial charge >= 0.3 is 0 Å². The molecule has 0 aromatic rings. The summed E-state index contributed by atoms with van der Waals surface area (Å²) in [6, 6.07) is 0. The molecule has 0 spiro atoms. The molecule has 1 fully saturated rings. The summed E-state index contributed by atoms with van der Waals surface area (Å²) in [7, 11) is 0. The zero-order valence-electron chi connectivity index (χ0n) is 9.97. The zero-order chi connectivity index (χ0) is 11.1. The van der Waals surface area contributed by atoms with Crippen molar-refractivity contribution in [3.05, 3.63) is 0 Å². The highest BCUT2D eigenvalue weighted by molar-refractivity contribution is 4.88. The Hall–Kier alpha value is -0.480. The highest BCUT2D eigenvalue weighted by Gasteiger charge is 2.31. The molecule has 86 valence electrons. The van der Waals surface area contributed by atoms with Crippen molar-refractivity contribution in [1.82, 2.24) is 0 Å². The largest absolute Gasteiger partial charge is 0.390 e. The Labute approximate surface area is 94.3 Å². The second-order valence-corrected chi connectivity index (χ2v) is 5.01. The van der Waals surface area contributed by atoms with Gasteiger partial charge in [-0.05, 0) is 44.4 Å². The Morgan fingerprint density at radius 2 is 2.07 bits per heavy atom. The van der Waals surface area contributed by atoms with Crippen LogP contribution < -0.4 is 0 Å². The molecule has 0 aliphatic heterocycles. The normalized spacial score (nSPS) is 31.1. The molecule has 0 atom stereocenters. The Morgan fingerprint density at radius 1 is 1.40 bits per heavy atom. The summed E-state index contributed by atoms with van der Waals surface area (Å²) in [6.07, 6.45) is 14.9. The number of rotatable bonds is 5. The maximum Gasteiger partial charge on any atom is 0.0648 e. The summed E-state index contributed by atoms with van der Waals surface area (Å²) in [4.78, 5) is 0. The van der Waals surface area contributed by atoms with Gasteiger partial charge in [0.1, 0.15) is 0 Å². The smallest absolute Gasteiger partial charge is 0.0648 e. The molecule has 1 saturated carbocycles. The average molecular weight is 208 g/mol. The second kappa shape index (κ2) is 6.18. The van der Waals surface area contributed by atoms with E-state index in [1.807, 2.05) is 0 Å². The van der Waals surface area contributed by atoms with Crippen LogP contribution in [0.4, 0.5) is 0 Å². The third-order valence-corrected chi connectivity index (χ3v) is 3.70. The van der Waals surface area contributed by atoms with Crippen LogP contribution in [0.3, 0.4) is 0 Å². The molecule has 1 rings (SSSR count). The third-order valence-electron chi connectivity index (χ3n) is 3.70. The molecule has 15 heavy (non-hydrogen) atoms. The second-order valence-electron chi connectivity index (χ2n) is 5.01. The molecule has 1 aliphatic carbocycles. The Morgan fingerprint density at radius 3 is 2.60 bits per heavy atom. The first-order chi connectivity index (χ1) is 7.20. The van der Waals surface area contributed by atoms with E-state index >= 15 is 0 Å². The van der Waals surface area contributed by atoms with Crippen molar-refractivity contribution in [2.45, 2.75) is 70.3 Å². The maximum atomic E-state index is 10.3. The van der Waals surface area contributed by atoms with E-state index in [1.54, 1.807) is 0 Å². The summed E-state index contributed by atoms with van der Waals surface area (Å²) in [5.74, 6) is 3.51. The lowest BCUT2D eigenvalue weighted by atomic mass is 9.75. The monoisotopic (exact) mass is 208 g/mol. The Bertz CT molecular complexity index is 206. The number of aliphatic hydroxyl groups is 1. The first-order valence-electron chi connectivity index (χ1n) is 6.36. The summed E-state index contributed by atoms with van der Waals surface area (Å²) in [5.41, 5.74) is -0.388. The number of hydrogen-bond donors (Lipinski definition) is 1. The van der Waals surface area contributed by atoms with Crippen LogP contribution in [0.1, 0.15) is 64.7 Å². The van der Waals surface area contributed by atoms with E-state index in [-0.39, 0.29) is 5.60 Å². The lowest BCUT2D eigenvalue weighted by Crippen LogP contribution is -2.33. The van der Waals surface area contributed by atoms with Gasteiger partial charge in [-0.2, -0.15) is 0 Å². The lowest BCUT2D eigenvalue weighted by Gasteiger charge is -2.36. The van der Waals surface area contributed by atoms with Crippen molar-refractivity contribution >= 4 is 0 Å². The van der Waals surface area contributed by atoms with Crippen LogP contribution in [-0.2, 0) is 0 Å². The van der Waals surface area contributed by atoms with Crippen molar-refractivity contribution in [2.75, 3.05) is 0 Å².